The summed E-state index contributed by atoms with van der Waals surface area (Å²) >= 11 is 11.9. The number of nitrogens with zero attached hydrogens (tertiary/aromatic N) is 3. The number of hydrogen-bond acceptors (Lipinski definition) is 4. The maximum Gasteiger partial charge on any atom is 0.246 e. The van der Waals surface area contributed by atoms with Crippen LogP contribution >= 0.6 is 23.2 Å². The average molecular weight is 482 g/mol. The summed E-state index contributed by atoms with van der Waals surface area (Å²) < 4.78 is 0. The second-order valence-electron chi connectivity index (χ2n) is 8.24. The number of likely N-dealkylation sites (tertiary alicyclic amines) is 1. The predicted octanol–water partition coefficient (Wildman–Crippen LogP) is 2.69. The van der Waals surface area contributed by atoms with E-state index in [0.717, 1.165) is 18.4 Å². The van der Waals surface area contributed by atoms with Crippen LogP contribution in [0.1, 0.15) is 31.2 Å². The number of carbonyl (C=O) groups is 3. The Morgan fingerprint density at radius 1 is 1.09 bits per heavy atom. The first-order valence-electron chi connectivity index (χ1n) is 11.0. The third kappa shape index (κ3) is 6.70. The SMILES string of the molecule is O=C(C=Cc1ccc(Cl)c(Cl)c1)N1CCC(=O)N(CCC(=O)N2CCCC(CO)C2)CC1. The smallest absolute Gasteiger partial charge is 0.246 e. The van der Waals surface area contributed by atoms with Gasteiger partial charge in [-0.15, -0.1) is 0 Å². The Morgan fingerprint density at radius 2 is 1.91 bits per heavy atom. The van der Waals surface area contributed by atoms with Gasteiger partial charge in [-0.25, -0.2) is 0 Å². The molecule has 0 aliphatic carbocycles. The van der Waals surface area contributed by atoms with Crippen molar-refractivity contribution in [2.75, 3.05) is 45.9 Å². The van der Waals surface area contributed by atoms with Crippen molar-refractivity contribution >= 4 is 47.0 Å². The van der Waals surface area contributed by atoms with Crippen LogP contribution in [0.4, 0.5) is 0 Å². The molecule has 0 bridgehead atoms. The van der Waals surface area contributed by atoms with E-state index in [1.807, 2.05) is 0 Å². The van der Waals surface area contributed by atoms with E-state index in [2.05, 4.69) is 0 Å². The minimum Gasteiger partial charge on any atom is -0.396 e. The van der Waals surface area contributed by atoms with Crippen LogP contribution in [0.5, 0.6) is 0 Å². The van der Waals surface area contributed by atoms with E-state index in [4.69, 9.17) is 23.2 Å². The highest BCUT2D eigenvalue weighted by Gasteiger charge is 2.26. The fraction of sp³-hybridized carbons (Fsp3) is 0.522. The number of hydrogen-bond donors (Lipinski definition) is 1. The molecule has 1 unspecified atom stereocenters. The Balaban J connectivity index is 1.49. The zero-order valence-electron chi connectivity index (χ0n) is 18.0. The van der Waals surface area contributed by atoms with E-state index < -0.39 is 0 Å². The summed E-state index contributed by atoms with van der Waals surface area (Å²) in [4.78, 5) is 42.7. The van der Waals surface area contributed by atoms with Crippen LogP contribution in [0.3, 0.4) is 0 Å². The van der Waals surface area contributed by atoms with Crippen LogP contribution in [0.25, 0.3) is 6.08 Å². The van der Waals surface area contributed by atoms with Gasteiger partial charge in [0.25, 0.3) is 0 Å². The second kappa shape index (κ2) is 11.7. The lowest BCUT2D eigenvalue weighted by Crippen LogP contribution is -2.43. The molecule has 2 aliphatic rings. The van der Waals surface area contributed by atoms with Crippen LogP contribution in [-0.4, -0.2) is 83.4 Å². The highest BCUT2D eigenvalue weighted by atomic mass is 35.5. The van der Waals surface area contributed by atoms with Gasteiger partial charge in [0.1, 0.15) is 0 Å². The van der Waals surface area contributed by atoms with Gasteiger partial charge in [0.05, 0.1) is 10.0 Å². The van der Waals surface area contributed by atoms with E-state index in [1.54, 1.807) is 39.0 Å². The van der Waals surface area contributed by atoms with Crippen molar-refractivity contribution in [2.24, 2.45) is 5.92 Å². The molecule has 7 nitrogen and oxygen atoms in total. The van der Waals surface area contributed by atoms with Gasteiger partial charge in [-0.1, -0.05) is 29.3 Å². The summed E-state index contributed by atoms with van der Waals surface area (Å²) in [6.07, 6.45) is 5.47. The maximum atomic E-state index is 12.6. The van der Waals surface area contributed by atoms with Gasteiger partial charge in [0.2, 0.25) is 17.7 Å². The van der Waals surface area contributed by atoms with Gasteiger partial charge in [0.15, 0.2) is 0 Å². The molecule has 0 radical (unpaired) electrons. The highest BCUT2D eigenvalue weighted by Crippen LogP contribution is 2.23. The van der Waals surface area contributed by atoms with Crippen LogP contribution in [0, 0.1) is 5.92 Å². The quantitative estimate of drug-likeness (QED) is 0.633. The second-order valence-corrected chi connectivity index (χ2v) is 9.06. The number of rotatable bonds is 6. The van der Waals surface area contributed by atoms with Crippen molar-refractivity contribution in [1.29, 1.82) is 0 Å². The lowest BCUT2D eigenvalue weighted by molar-refractivity contribution is -0.135. The minimum atomic E-state index is -0.176. The minimum absolute atomic E-state index is 0.0117. The molecule has 2 heterocycles. The zero-order chi connectivity index (χ0) is 23.1. The molecule has 3 rings (SSSR count). The summed E-state index contributed by atoms with van der Waals surface area (Å²) in [7, 11) is 0. The molecule has 32 heavy (non-hydrogen) atoms. The van der Waals surface area contributed by atoms with Crippen molar-refractivity contribution in [3.8, 4) is 0 Å². The predicted molar refractivity (Wildman–Crippen MR) is 124 cm³/mol. The summed E-state index contributed by atoms with van der Waals surface area (Å²) in [5.74, 6) is -0.0691. The van der Waals surface area contributed by atoms with E-state index in [9.17, 15) is 19.5 Å². The van der Waals surface area contributed by atoms with Gasteiger partial charge < -0.3 is 19.8 Å². The molecule has 1 aromatic carbocycles. The molecule has 0 spiro atoms. The van der Waals surface area contributed by atoms with E-state index in [0.29, 0.717) is 49.3 Å². The number of aliphatic hydroxyl groups is 1. The lowest BCUT2D eigenvalue weighted by Gasteiger charge is -2.32. The first-order chi connectivity index (χ1) is 15.4. The van der Waals surface area contributed by atoms with E-state index in [1.165, 1.54) is 6.08 Å². The third-order valence-corrected chi connectivity index (χ3v) is 6.73. The van der Waals surface area contributed by atoms with Gasteiger partial charge in [-0.2, -0.15) is 0 Å². The summed E-state index contributed by atoms with van der Waals surface area (Å²) in [5, 5.41) is 10.2. The van der Waals surface area contributed by atoms with Crippen LogP contribution < -0.4 is 0 Å². The Morgan fingerprint density at radius 3 is 2.66 bits per heavy atom. The molecular formula is C23H29Cl2N3O4. The summed E-state index contributed by atoms with van der Waals surface area (Å²) in [6.45, 7) is 2.89. The van der Waals surface area contributed by atoms with Crippen LogP contribution in [-0.2, 0) is 14.4 Å². The molecular weight excluding hydrogens is 453 g/mol. The van der Waals surface area contributed by atoms with E-state index in [-0.39, 0.29) is 43.1 Å². The Kier molecular flexibility index (Phi) is 8.96. The number of piperidine rings is 1. The van der Waals surface area contributed by atoms with Gasteiger partial charge in [-0.05, 0) is 42.5 Å². The molecule has 174 valence electrons. The monoisotopic (exact) mass is 481 g/mol. The number of halogens is 2. The zero-order valence-corrected chi connectivity index (χ0v) is 19.5. The first-order valence-corrected chi connectivity index (χ1v) is 11.7. The molecule has 9 heteroatoms. The number of aliphatic hydroxyl groups excluding tert-OH is 1. The van der Waals surface area contributed by atoms with Gasteiger partial charge in [0, 0.05) is 64.8 Å². The normalized spacial score (nSPS) is 20.0. The molecule has 3 amide bonds. The topological polar surface area (TPSA) is 81.2 Å². The van der Waals surface area contributed by atoms with Gasteiger partial charge >= 0.3 is 0 Å². The fourth-order valence-corrected chi connectivity index (χ4v) is 4.35. The molecule has 1 aromatic rings. The first kappa shape index (κ1) is 24.6. The standard InChI is InChI=1S/C23H29Cl2N3O4/c24-19-5-3-17(14-20(19)25)4-6-21(30)26-10-7-22(31)27(13-12-26)11-8-23(32)28-9-1-2-18(15-28)16-29/h3-6,14,18,29H,1-2,7-13,15-16H2. The molecule has 1 atom stereocenters. The fourth-order valence-electron chi connectivity index (χ4n) is 4.04. The Labute approximate surface area is 198 Å². The maximum absolute atomic E-state index is 12.6. The van der Waals surface area contributed by atoms with Crippen molar-refractivity contribution in [3.63, 3.8) is 0 Å². The molecule has 1 N–H and O–H groups in total. The number of benzene rings is 1. The molecule has 2 saturated heterocycles. The number of amides is 3. The van der Waals surface area contributed by atoms with Crippen molar-refractivity contribution in [3.05, 3.63) is 39.9 Å². The Bertz CT molecular complexity index is 877. The molecule has 0 aromatic heterocycles. The lowest BCUT2D eigenvalue weighted by atomic mass is 9.99. The Hall–Kier alpha value is -2.09. The third-order valence-electron chi connectivity index (χ3n) is 5.99. The van der Waals surface area contributed by atoms with Crippen molar-refractivity contribution in [2.45, 2.75) is 25.7 Å². The molecule has 2 aliphatic heterocycles. The molecule has 0 saturated carbocycles. The number of carbonyl (C=O) groups excluding carboxylic acids is 3. The van der Waals surface area contributed by atoms with E-state index >= 15 is 0 Å². The van der Waals surface area contributed by atoms with Crippen LogP contribution in [0.15, 0.2) is 24.3 Å². The van der Waals surface area contributed by atoms with Crippen molar-refractivity contribution in [1.82, 2.24) is 14.7 Å². The largest absolute Gasteiger partial charge is 0.396 e. The summed E-state index contributed by atoms with van der Waals surface area (Å²) in [5.41, 5.74) is 0.764. The van der Waals surface area contributed by atoms with Crippen molar-refractivity contribution < 1.29 is 19.5 Å². The van der Waals surface area contributed by atoms with Crippen LogP contribution in [0.2, 0.25) is 10.0 Å². The summed E-state index contributed by atoms with van der Waals surface area (Å²) in [6, 6.07) is 5.13. The van der Waals surface area contributed by atoms with Gasteiger partial charge in [-0.3, -0.25) is 14.4 Å². The highest BCUT2D eigenvalue weighted by molar-refractivity contribution is 6.42. The molecule has 2 fully saturated rings. The average Bonchev–Trinajstić information content (AvgIpc) is 2.99.